The molecule has 4 heteroatoms. The van der Waals surface area contributed by atoms with Gasteiger partial charge in [-0.15, -0.1) is 0 Å². The molecule has 3 aliphatic rings. The Hall–Kier alpha value is -0.610. The van der Waals surface area contributed by atoms with E-state index in [2.05, 4.69) is 19.2 Å². The molecule has 2 aliphatic carbocycles. The molecule has 3 N–H and O–H groups in total. The van der Waals surface area contributed by atoms with Gasteiger partial charge in [-0.3, -0.25) is 4.79 Å². The predicted molar refractivity (Wildman–Crippen MR) is 78.1 cm³/mol. The molecule has 3 fully saturated rings. The molecule has 0 radical (unpaired) electrons. The number of rotatable bonds is 2. The number of nitrogens with two attached hydrogens (primary N) is 1. The van der Waals surface area contributed by atoms with Crippen molar-refractivity contribution in [1.29, 1.82) is 0 Å². The maximum atomic E-state index is 12.7. The Bertz CT molecular complexity index is 405. The van der Waals surface area contributed by atoms with Crippen LogP contribution < -0.4 is 11.1 Å². The van der Waals surface area contributed by atoms with Crippen molar-refractivity contribution in [3.05, 3.63) is 0 Å². The van der Waals surface area contributed by atoms with Gasteiger partial charge in [-0.1, -0.05) is 26.7 Å². The molecule has 1 saturated heterocycles. The van der Waals surface area contributed by atoms with Crippen LogP contribution in [0.1, 0.15) is 52.9 Å². The number of amides is 1. The van der Waals surface area contributed by atoms with E-state index >= 15 is 0 Å². The number of hydrogen-bond donors (Lipinski definition) is 2. The maximum Gasteiger partial charge on any atom is 0.225 e. The summed E-state index contributed by atoms with van der Waals surface area (Å²) in [6.45, 7) is 7.27. The summed E-state index contributed by atoms with van der Waals surface area (Å²) in [5, 5.41) is 3.30. The van der Waals surface area contributed by atoms with Crippen molar-refractivity contribution in [2.75, 3.05) is 6.61 Å². The number of hydrogen-bond acceptors (Lipinski definition) is 3. The summed E-state index contributed by atoms with van der Waals surface area (Å²) in [7, 11) is 0. The lowest BCUT2D eigenvalue weighted by Gasteiger charge is -2.55. The fourth-order valence-corrected chi connectivity index (χ4v) is 4.66. The van der Waals surface area contributed by atoms with Crippen LogP contribution in [0.5, 0.6) is 0 Å². The summed E-state index contributed by atoms with van der Waals surface area (Å²) < 4.78 is 5.79. The topological polar surface area (TPSA) is 64.4 Å². The third-order valence-electron chi connectivity index (χ3n) is 5.97. The van der Waals surface area contributed by atoms with Crippen molar-refractivity contribution < 1.29 is 9.53 Å². The number of nitrogens with one attached hydrogen (secondary N) is 1. The minimum atomic E-state index is -0.345. The maximum absolute atomic E-state index is 12.7. The molecule has 5 atom stereocenters. The van der Waals surface area contributed by atoms with Gasteiger partial charge in [0.15, 0.2) is 0 Å². The predicted octanol–water partition coefficient (Wildman–Crippen LogP) is 1.82. The van der Waals surface area contributed by atoms with E-state index in [-0.39, 0.29) is 28.8 Å². The first-order valence-corrected chi connectivity index (χ1v) is 8.05. The molecule has 0 aromatic heterocycles. The summed E-state index contributed by atoms with van der Waals surface area (Å²) in [5.74, 6) is 0.633. The van der Waals surface area contributed by atoms with E-state index < -0.39 is 0 Å². The number of ether oxygens (including phenoxy) is 1. The molecule has 3 rings (SSSR count). The average Bonchev–Trinajstić information content (AvgIpc) is 2.82. The van der Waals surface area contributed by atoms with Crippen LogP contribution in [-0.4, -0.2) is 30.2 Å². The molecule has 0 aromatic carbocycles. The highest BCUT2D eigenvalue weighted by atomic mass is 16.5. The summed E-state index contributed by atoms with van der Waals surface area (Å²) in [5.41, 5.74) is 6.05. The van der Waals surface area contributed by atoms with Crippen LogP contribution in [0.2, 0.25) is 0 Å². The van der Waals surface area contributed by atoms with Gasteiger partial charge in [0, 0.05) is 29.5 Å². The van der Waals surface area contributed by atoms with Gasteiger partial charge in [-0.25, -0.2) is 0 Å². The first-order valence-electron chi connectivity index (χ1n) is 8.05. The lowest BCUT2D eigenvalue weighted by molar-refractivity contribution is -0.143. The van der Waals surface area contributed by atoms with Crippen LogP contribution in [0.25, 0.3) is 0 Å². The number of carbonyl (C=O) groups excluding carboxylic acids is 1. The third-order valence-corrected chi connectivity index (χ3v) is 5.97. The smallest absolute Gasteiger partial charge is 0.225 e. The quantitative estimate of drug-likeness (QED) is 0.811. The molecule has 114 valence electrons. The average molecular weight is 280 g/mol. The Kier molecular flexibility index (Phi) is 3.37. The van der Waals surface area contributed by atoms with Gasteiger partial charge in [0.2, 0.25) is 5.91 Å². The lowest BCUT2D eigenvalue weighted by Crippen LogP contribution is -2.68. The Morgan fingerprint density at radius 3 is 2.70 bits per heavy atom. The van der Waals surface area contributed by atoms with Gasteiger partial charge in [0.1, 0.15) is 0 Å². The molecule has 4 nitrogen and oxygen atoms in total. The third kappa shape index (κ3) is 2.08. The molecule has 20 heavy (non-hydrogen) atoms. The van der Waals surface area contributed by atoms with Gasteiger partial charge in [0.05, 0.1) is 12.0 Å². The minimum Gasteiger partial charge on any atom is -0.377 e. The second-order valence-corrected chi connectivity index (χ2v) is 7.86. The molecular formula is C16H28N2O2. The van der Waals surface area contributed by atoms with E-state index in [1.807, 2.05) is 6.92 Å². The fourth-order valence-electron chi connectivity index (χ4n) is 4.66. The monoisotopic (exact) mass is 280 g/mol. The van der Waals surface area contributed by atoms with Crippen LogP contribution in [0.3, 0.4) is 0 Å². The highest BCUT2D eigenvalue weighted by Crippen LogP contribution is 2.52. The van der Waals surface area contributed by atoms with Crippen molar-refractivity contribution in [2.45, 2.75) is 70.6 Å². The summed E-state index contributed by atoms with van der Waals surface area (Å²) in [6.07, 6.45) is 5.54. The largest absolute Gasteiger partial charge is 0.377 e. The molecule has 1 aliphatic heterocycles. The van der Waals surface area contributed by atoms with E-state index in [1.54, 1.807) is 0 Å². The first-order chi connectivity index (χ1) is 9.34. The Morgan fingerprint density at radius 2 is 2.00 bits per heavy atom. The van der Waals surface area contributed by atoms with Crippen LogP contribution in [0.4, 0.5) is 0 Å². The fraction of sp³-hybridized carbons (Fsp3) is 0.938. The molecule has 0 aromatic rings. The zero-order valence-corrected chi connectivity index (χ0v) is 12.9. The Labute approximate surface area is 121 Å². The first kappa shape index (κ1) is 14.3. The standard InChI is InChI=1S/C16H28N2O2/c1-15(2)12(10-7-9-20-13(10)15)18-14(19)11-6-4-5-8-16(11,3)17/h10-13H,4-9,17H2,1-3H3,(H,18,19). The van der Waals surface area contributed by atoms with E-state index in [4.69, 9.17) is 10.5 Å². The molecular weight excluding hydrogens is 252 g/mol. The second kappa shape index (κ2) is 4.70. The van der Waals surface area contributed by atoms with Crippen molar-refractivity contribution in [2.24, 2.45) is 23.0 Å². The Balaban J connectivity index is 1.67. The van der Waals surface area contributed by atoms with Crippen LogP contribution >= 0.6 is 0 Å². The van der Waals surface area contributed by atoms with Gasteiger partial charge < -0.3 is 15.8 Å². The van der Waals surface area contributed by atoms with Crippen molar-refractivity contribution >= 4 is 5.91 Å². The molecule has 0 spiro atoms. The van der Waals surface area contributed by atoms with Crippen LogP contribution in [-0.2, 0) is 9.53 Å². The molecule has 5 unspecified atom stereocenters. The normalized spacial score (nSPS) is 46.4. The van der Waals surface area contributed by atoms with Crippen LogP contribution in [0, 0.1) is 17.3 Å². The van der Waals surface area contributed by atoms with Gasteiger partial charge in [-0.05, 0) is 26.2 Å². The zero-order chi connectivity index (χ0) is 14.5. The van der Waals surface area contributed by atoms with Crippen molar-refractivity contribution in [3.63, 3.8) is 0 Å². The molecule has 1 heterocycles. The highest BCUT2D eigenvalue weighted by Gasteiger charge is 2.60. The van der Waals surface area contributed by atoms with E-state index in [0.717, 1.165) is 38.7 Å². The zero-order valence-electron chi connectivity index (χ0n) is 12.9. The molecule has 0 bridgehead atoms. The van der Waals surface area contributed by atoms with Crippen molar-refractivity contribution in [1.82, 2.24) is 5.32 Å². The van der Waals surface area contributed by atoms with Gasteiger partial charge in [0.25, 0.3) is 0 Å². The molecule has 2 saturated carbocycles. The van der Waals surface area contributed by atoms with E-state index in [0.29, 0.717) is 12.0 Å². The number of fused-ring (bicyclic) bond motifs is 1. The van der Waals surface area contributed by atoms with E-state index in [1.165, 1.54) is 0 Å². The second-order valence-electron chi connectivity index (χ2n) is 7.86. The minimum absolute atomic E-state index is 0.0339. The van der Waals surface area contributed by atoms with Gasteiger partial charge >= 0.3 is 0 Å². The lowest BCUT2D eigenvalue weighted by atomic mass is 9.57. The van der Waals surface area contributed by atoms with Crippen molar-refractivity contribution in [3.8, 4) is 0 Å². The highest BCUT2D eigenvalue weighted by molar-refractivity contribution is 5.80. The van der Waals surface area contributed by atoms with Gasteiger partial charge in [-0.2, -0.15) is 0 Å². The number of carbonyl (C=O) groups is 1. The summed E-state index contributed by atoms with van der Waals surface area (Å²) >= 11 is 0. The van der Waals surface area contributed by atoms with Crippen LogP contribution in [0.15, 0.2) is 0 Å². The van der Waals surface area contributed by atoms with E-state index in [9.17, 15) is 4.79 Å². The SMILES string of the molecule is CC1(N)CCCCC1C(=O)NC1C2CCOC2C1(C)C. The summed E-state index contributed by atoms with van der Waals surface area (Å²) in [6, 6.07) is 0.250. The molecule has 1 amide bonds. The Morgan fingerprint density at radius 1 is 1.25 bits per heavy atom. The summed E-state index contributed by atoms with van der Waals surface area (Å²) in [4.78, 5) is 12.7.